The number of hydrogen-bond donors (Lipinski definition) is 3. The highest BCUT2D eigenvalue weighted by molar-refractivity contribution is 5.96. The maximum atomic E-state index is 12.1. The highest BCUT2D eigenvalue weighted by atomic mass is 16.4. The summed E-state index contributed by atoms with van der Waals surface area (Å²) in [7, 11) is 0. The number of primary amides is 1. The molecule has 7 heteroatoms. The molecule has 21 heavy (non-hydrogen) atoms. The van der Waals surface area contributed by atoms with Crippen molar-refractivity contribution in [3.8, 4) is 0 Å². The van der Waals surface area contributed by atoms with Crippen molar-refractivity contribution in [2.75, 3.05) is 18.4 Å². The number of carbonyl (C=O) groups is 3. The molecular formula is C14H17N3O4. The van der Waals surface area contributed by atoms with Crippen molar-refractivity contribution in [2.45, 2.75) is 12.8 Å². The second-order valence-corrected chi connectivity index (χ2v) is 5.00. The average Bonchev–Trinajstić information content (AvgIpc) is 2.47. The van der Waals surface area contributed by atoms with Crippen molar-refractivity contribution in [1.82, 2.24) is 4.90 Å². The summed E-state index contributed by atoms with van der Waals surface area (Å²) in [5, 5.41) is 11.7. The van der Waals surface area contributed by atoms with E-state index in [0.717, 1.165) is 0 Å². The second-order valence-electron chi connectivity index (χ2n) is 5.00. The monoisotopic (exact) mass is 291 g/mol. The highest BCUT2D eigenvalue weighted by Crippen LogP contribution is 2.18. The minimum atomic E-state index is -0.886. The van der Waals surface area contributed by atoms with Gasteiger partial charge in [0.2, 0.25) is 5.91 Å². The molecule has 0 bridgehead atoms. The lowest BCUT2D eigenvalue weighted by Gasteiger charge is -2.30. The fraction of sp³-hybridized carbons (Fsp3) is 0.357. The van der Waals surface area contributed by atoms with E-state index in [0.29, 0.717) is 30.6 Å². The van der Waals surface area contributed by atoms with E-state index in [1.807, 2.05) is 0 Å². The Morgan fingerprint density at radius 2 is 2.10 bits per heavy atom. The first-order valence-corrected chi connectivity index (χ1v) is 6.66. The molecule has 1 saturated heterocycles. The third-order valence-electron chi connectivity index (χ3n) is 3.46. The van der Waals surface area contributed by atoms with Gasteiger partial charge < -0.3 is 21.1 Å². The number of carbonyl (C=O) groups excluding carboxylic acids is 2. The SMILES string of the molecule is NC(=O)c1cccc(NC(=O)N2CCCC(C(=O)O)C2)c1. The zero-order valence-corrected chi connectivity index (χ0v) is 11.4. The molecule has 1 unspecified atom stereocenters. The predicted molar refractivity (Wildman–Crippen MR) is 75.9 cm³/mol. The molecule has 1 atom stereocenters. The molecule has 1 fully saturated rings. The summed E-state index contributed by atoms with van der Waals surface area (Å²) in [4.78, 5) is 35.7. The molecule has 1 aliphatic heterocycles. The lowest BCUT2D eigenvalue weighted by atomic mass is 9.99. The van der Waals surface area contributed by atoms with Crippen LogP contribution in [-0.2, 0) is 4.79 Å². The molecule has 0 aliphatic carbocycles. The first kappa shape index (κ1) is 14.8. The summed E-state index contributed by atoms with van der Waals surface area (Å²) in [6.07, 6.45) is 1.24. The molecule has 0 spiro atoms. The Balaban J connectivity index is 2.02. The van der Waals surface area contributed by atoms with Gasteiger partial charge in [0, 0.05) is 24.3 Å². The van der Waals surface area contributed by atoms with Gasteiger partial charge in [0.05, 0.1) is 5.92 Å². The minimum Gasteiger partial charge on any atom is -0.481 e. The van der Waals surface area contributed by atoms with E-state index in [2.05, 4.69) is 5.32 Å². The van der Waals surface area contributed by atoms with Crippen LogP contribution in [0.3, 0.4) is 0 Å². The molecule has 1 aromatic carbocycles. The van der Waals surface area contributed by atoms with Crippen molar-refractivity contribution in [3.63, 3.8) is 0 Å². The van der Waals surface area contributed by atoms with Crippen LogP contribution < -0.4 is 11.1 Å². The molecule has 0 aromatic heterocycles. The zero-order chi connectivity index (χ0) is 15.4. The molecular weight excluding hydrogens is 274 g/mol. The number of piperidine rings is 1. The number of hydrogen-bond acceptors (Lipinski definition) is 3. The van der Waals surface area contributed by atoms with Crippen LogP contribution in [0.1, 0.15) is 23.2 Å². The number of benzene rings is 1. The molecule has 2 rings (SSSR count). The van der Waals surface area contributed by atoms with Gasteiger partial charge in [-0.25, -0.2) is 4.79 Å². The normalized spacial score (nSPS) is 18.1. The summed E-state index contributed by atoms with van der Waals surface area (Å²) < 4.78 is 0. The number of rotatable bonds is 3. The third-order valence-corrected chi connectivity index (χ3v) is 3.46. The van der Waals surface area contributed by atoms with Crippen LogP contribution in [0.15, 0.2) is 24.3 Å². The summed E-state index contributed by atoms with van der Waals surface area (Å²) in [6.45, 7) is 0.710. The van der Waals surface area contributed by atoms with E-state index in [9.17, 15) is 14.4 Å². The number of aliphatic carboxylic acids is 1. The van der Waals surface area contributed by atoms with Gasteiger partial charge >= 0.3 is 12.0 Å². The maximum absolute atomic E-state index is 12.1. The van der Waals surface area contributed by atoms with Crippen LogP contribution in [0.25, 0.3) is 0 Å². The van der Waals surface area contributed by atoms with Gasteiger partial charge in [-0.3, -0.25) is 9.59 Å². The Morgan fingerprint density at radius 3 is 2.76 bits per heavy atom. The quantitative estimate of drug-likeness (QED) is 0.774. The van der Waals surface area contributed by atoms with E-state index < -0.39 is 17.8 Å². The summed E-state index contributed by atoms with van der Waals surface area (Å²) >= 11 is 0. The molecule has 7 nitrogen and oxygen atoms in total. The smallest absolute Gasteiger partial charge is 0.321 e. The van der Waals surface area contributed by atoms with Crippen LogP contribution in [0.2, 0.25) is 0 Å². The standard InChI is InChI=1S/C14H17N3O4/c15-12(18)9-3-1-5-11(7-9)16-14(21)17-6-2-4-10(8-17)13(19)20/h1,3,5,7,10H,2,4,6,8H2,(H2,15,18)(H,16,21)(H,19,20). The third kappa shape index (κ3) is 3.71. The fourth-order valence-corrected chi connectivity index (χ4v) is 2.32. The van der Waals surface area contributed by atoms with Crippen LogP contribution in [0.5, 0.6) is 0 Å². The van der Waals surface area contributed by atoms with Crippen molar-refractivity contribution in [1.29, 1.82) is 0 Å². The number of likely N-dealkylation sites (tertiary alicyclic amines) is 1. The van der Waals surface area contributed by atoms with Crippen molar-refractivity contribution in [3.05, 3.63) is 29.8 Å². The Bertz CT molecular complexity index is 573. The number of nitrogens with zero attached hydrogens (tertiary/aromatic N) is 1. The molecule has 4 N–H and O–H groups in total. The minimum absolute atomic E-state index is 0.191. The fourth-order valence-electron chi connectivity index (χ4n) is 2.32. The molecule has 1 aliphatic rings. The topological polar surface area (TPSA) is 113 Å². The Hall–Kier alpha value is -2.57. The van der Waals surface area contributed by atoms with Gasteiger partial charge in [-0.1, -0.05) is 6.07 Å². The number of urea groups is 1. The van der Waals surface area contributed by atoms with Crippen LogP contribution in [0.4, 0.5) is 10.5 Å². The number of carboxylic acid groups (broad SMARTS) is 1. The van der Waals surface area contributed by atoms with E-state index in [-0.39, 0.29) is 12.6 Å². The Kier molecular flexibility index (Phi) is 4.42. The maximum Gasteiger partial charge on any atom is 0.321 e. The Labute approximate surface area is 121 Å². The summed E-state index contributed by atoms with van der Waals surface area (Å²) in [6, 6.07) is 5.93. The van der Waals surface area contributed by atoms with E-state index in [1.165, 1.54) is 11.0 Å². The molecule has 112 valence electrons. The number of anilines is 1. The van der Waals surface area contributed by atoms with Crippen molar-refractivity contribution in [2.24, 2.45) is 11.7 Å². The zero-order valence-electron chi connectivity index (χ0n) is 11.4. The molecule has 1 aromatic rings. The molecule has 1 heterocycles. The number of carboxylic acids is 1. The van der Waals surface area contributed by atoms with Gasteiger partial charge in [0.15, 0.2) is 0 Å². The predicted octanol–water partition coefficient (Wildman–Crippen LogP) is 1.11. The van der Waals surface area contributed by atoms with Gasteiger partial charge in [-0.05, 0) is 31.0 Å². The van der Waals surface area contributed by atoms with Crippen molar-refractivity contribution >= 4 is 23.6 Å². The van der Waals surface area contributed by atoms with E-state index in [4.69, 9.17) is 10.8 Å². The summed E-state index contributed by atoms with van der Waals surface area (Å²) in [5.41, 5.74) is 5.93. The van der Waals surface area contributed by atoms with Gasteiger partial charge in [0.25, 0.3) is 0 Å². The number of nitrogens with one attached hydrogen (secondary N) is 1. The van der Waals surface area contributed by atoms with Crippen LogP contribution in [0, 0.1) is 5.92 Å². The molecule has 3 amide bonds. The average molecular weight is 291 g/mol. The highest BCUT2D eigenvalue weighted by Gasteiger charge is 2.28. The van der Waals surface area contributed by atoms with Gasteiger partial charge in [-0.15, -0.1) is 0 Å². The lowest BCUT2D eigenvalue weighted by molar-refractivity contribution is -0.143. The first-order valence-electron chi connectivity index (χ1n) is 6.66. The second kappa shape index (κ2) is 6.25. The van der Waals surface area contributed by atoms with Crippen LogP contribution >= 0.6 is 0 Å². The van der Waals surface area contributed by atoms with E-state index >= 15 is 0 Å². The van der Waals surface area contributed by atoms with Crippen LogP contribution in [-0.4, -0.2) is 41.0 Å². The van der Waals surface area contributed by atoms with Crippen molar-refractivity contribution < 1.29 is 19.5 Å². The molecule has 0 saturated carbocycles. The van der Waals surface area contributed by atoms with Gasteiger partial charge in [0.1, 0.15) is 0 Å². The lowest BCUT2D eigenvalue weighted by Crippen LogP contribution is -2.44. The van der Waals surface area contributed by atoms with Gasteiger partial charge in [-0.2, -0.15) is 0 Å². The summed E-state index contributed by atoms with van der Waals surface area (Å²) in [5.74, 6) is -1.99. The number of amides is 3. The molecule has 0 radical (unpaired) electrons. The Morgan fingerprint density at radius 1 is 1.33 bits per heavy atom. The largest absolute Gasteiger partial charge is 0.481 e. The number of nitrogens with two attached hydrogens (primary N) is 1. The van der Waals surface area contributed by atoms with E-state index in [1.54, 1.807) is 18.2 Å². The first-order chi connectivity index (χ1) is 9.97.